The normalized spacial score (nSPS) is 13.2. The molecule has 0 fully saturated rings. The number of amides is 1. The average molecular weight is 566 g/mol. The second kappa shape index (κ2) is 32.6. The van der Waals surface area contributed by atoms with Gasteiger partial charge < -0.3 is 15.5 Å². The summed E-state index contributed by atoms with van der Waals surface area (Å²) >= 11 is 0. The smallest absolute Gasteiger partial charge is 0.220 e. The van der Waals surface area contributed by atoms with Gasteiger partial charge in [-0.2, -0.15) is 0 Å². The Morgan fingerprint density at radius 3 is 1.30 bits per heavy atom. The van der Waals surface area contributed by atoms with Gasteiger partial charge in [0.05, 0.1) is 18.8 Å². The van der Waals surface area contributed by atoms with E-state index in [2.05, 4.69) is 19.2 Å². The minimum Gasteiger partial charge on any atom is -0.394 e. The van der Waals surface area contributed by atoms with Crippen LogP contribution < -0.4 is 5.32 Å². The molecule has 0 radical (unpaired) electrons. The minimum atomic E-state index is -0.831. The van der Waals surface area contributed by atoms with Crippen molar-refractivity contribution >= 4 is 5.91 Å². The molecule has 238 valence electrons. The summed E-state index contributed by atoms with van der Waals surface area (Å²) in [6.45, 7) is 4.30. The SMILES string of the molecule is CCCCCCCCCCCCCCC/C=C/[C@@H](O)[C@H](CO)NC(=O)CCCCCCCCCCCCCCC. The van der Waals surface area contributed by atoms with E-state index in [0.717, 1.165) is 25.7 Å². The van der Waals surface area contributed by atoms with E-state index in [4.69, 9.17) is 0 Å². The second-order valence-corrected chi connectivity index (χ2v) is 12.3. The highest BCUT2D eigenvalue weighted by Crippen LogP contribution is 2.14. The van der Waals surface area contributed by atoms with E-state index in [0.29, 0.717) is 6.42 Å². The summed E-state index contributed by atoms with van der Waals surface area (Å²) in [5.41, 5.74) is 0. The quantitative estimate of drug-likeness (QED) is 0.0561. The van der Waals surface area contributed by atoms with Crippen LogP contribution in [0.15, 0.2) is 12.2 Å². The Morgan fingerprint density at radius 2 is 0.925 bits per heavy atom. The van der Waals surface area contributed by atoms with E-state index in [1.807, 2.05) is 6.08 Å². The van der Waals surface area contributed by atoms with Gasteiger partial charge in [0.2, 0.25) is 5.91 Å². The number of carbonyl (C=O) groups excluding carboxylic acids is 1. The van der Waals surface area contributed by atoms with Crippen molar-refractivity contribution in [3.63, 3.8) is 0 Å². The van der Waals surface area contributed by atoms with Gasteiger partial charge in [-0.3, -0.25) is 4.79 Å². The first-order valence-electron chi connectivity index (χ1n) is 17.9. The van der Waals surface area contributed by atoms with E-state index in [1.165, 1.54) is 148 Å². The van der Waals surface area contributed by atoms with Gasteiger partial charge in [-0.25, -0.2) is 0 Å². The predicted molar refractivity (Wildman–Crippen MR) is 175 cm³/mol. The first-order valence-corrected chi connectivity index (χ1v) is 17.9. The largest absolute Gasteiger partial charge is 0.394 e. The van der Waals surface area contributed by atoms with Crippen LogP contribution >= 0.6 is 0 Å². The lowest BCUT2D eigenvalue weighted by Gasteiger charge is -2.20. The summed E-state index contributed by atoms with van der Waals surface area (Å²) in [6.07, 6.45) is 38.6. The van der Waals surface area contributed by atoms with Crippen molar-refractivity contribution in [2.45, 2.75) is 206 Å². The number of aliphatic hydroxyl groups excluding tert-OH is 2. The van der Waals surface area contributed by atoms with Gasteiger partial charge in [-0.05, 0) is 19.3 Å². The number of carbonyl (C=O) groups is 1. The van der Waals surface area contributed by atoms with Crippen LogP contribution in [0.25, 0.3) is 0 Å². The summed E-state index contributed by atoms with van der Waals surface area (Å²) in [5, 5.41) is 22.9. The fraction of sp³-hybridized carbons (Fsp3) is 0.917. The number of unbranched alkanes of at least 4 members (excludes halogenated alkanes) is 25. The average Bonchev–Trinajstić information content (AvgIpc) is 2.96. The lowest BCUT2D eigenvalue weighted by molar-refractivity contribution is -0.123. The van der Waals surface area contributed by atoms with Crippen LogP contribution in [-0.4, -0.2) is 34.9 Å². The molecule has 2 atom stereocenters. The molecule has 0 unspecified atom stereocenters. The Hall–Kier alpha value is -0.870. The van der Waals surface area contributed by atoms with Crippen molar-refractivity contribution in [1.29, 1.82) is 0 Å². The molecule has 0 spiro atoms. The third-order valence-corrected chi connectivity index (χ3v) is 8.27. The monoisotopic (exact) mass is 566 g/mol. The molecule has 0 aromatic heterocycles. The van der Waals surface area contributed by atoms with Gasteiger partial charge in [-0.15, -0.1) is 0 Å². The zero-order valence-electron chi connectivity index (χ0n) is 27.1. The first-order chi connectivity index (χ1) is 19.7. The van der Waals surface area contributed by atoms with Crippen molar-refractivity contribution in [1.82, 2.24) is 5.32 Å². The second-order valence-electron chi connectivity index (χ2n) is 12.3. The van der Waals surface area contributed by atoms with Crippen LogP contribution in [-0.2, 0) is 4.79 Å². The first kappa shape index (κ1) is 39.1. The highest BCUT2D eigenvalue weighted by Gasteiger charge is 2.17. The number of allylic oxidation sites excluding steroid dienone is 1. The van der Waals surface area contributed by atoms with Crippen LogP contribution in [0.1, 0.15) is 194 Å². The van der Waals surface area contributed by atoms with E-state index in [-0.39, 0.29) is 12.5 Å². The number of rotatable bonds is 32. The van der Waals surface area contributed by atoms with Gasteiger partial charge >= 0.3 is 0 Å². The van der Waals surface area contributed by atoms with Crippen LogP contribution in [0.5, 0.6) is 0 Å². The Balaban J connectivity index is 3.61. The lowest BCUT2D eigenvalue weighted by atomic mass is 10.0. The fourth-order valence-electron chi connectivity index (χ4n) is 5.47. The van der Waals surface area contributed by atoms with Crippen molar-refractivity contribution in [2.75, 3.05) is 6.61 Å². The molecule has 0 heterocycles. The number of nitrogens with one attached hydrogen (secondary N) is 1. The zero-order chi connectivity index (χ0) is 29.4. The van der Waals surface area contributed by atoms with Crippen molar-refractivity contribution in [3.05, 3.63) is 12.2 Å². The highest BCUT2D eigenvalue weighted by molar-refractivity contribution is 5.76. The van der Waals surface area contributed by atoms with Gasteiger partial charge in [0.15, 0.2) is 0 Å². The summed E-state index contributed by atoms with van der Waals surface area (Å²) in [5.74, 6) is -0.0638. The van der Waals surface area contributed by atoms with Crippen LogP contribution in [0.4, 0.5) is 0 Å². The van der Waals surface area contributed by atoms with Crippen LogP contribution in [0.2, 0.25) is 0 Å². The molecule has 0 aromatic carbocycles. The predicted octanol–water partition coefficient (Wildman–Crippen LogP) is 10.3. The Kier molecular flexibility index (Phi) is 31.9. The number of hydrogen-bond acceptors (Lipinski definition) is 3. The maximum Gasteiger partial charge on any atom is 0.220 e. The van der Waals surface area contributed by atoms with E-state index < -0.39 is 12.1 Å². The zero-order valence-corrected chi connectivity index (χ0v) is 27.1. The molecule has 0 aliphatic rings. The third kappa shape index (κ3) is 28.7. The molecular formula is C36H71NO3. The van der Waals surface area contributed by atoms with Crippen LogP contribution in [0.3, 0.4) is 0 Å². The molecule has 0 rings (SSSR count). The van der Waals surface area contributed by atoms with E-state index in [1.54, 1.807) is 6.08 Å². The van der Waals surface area contributed by atoms with E-state index in [9.17, 15) is 15.0 Å². The Labute approximate surface area is 250 Å². The lowest BCUT2D eigenvalue weighted by Crippen LogP contribution is -2.45. The molecule has 40 heavy (non-hydrogen) atoms. The fourth-order valence-corrected chi connectivity index (χ4v) is 5.47. The van der Waals surface area contributed by atoms with Gasteiger partial charge in [-0.1, -0.05) is 180 Å². The molecule has 0 aromatic rings. The maximum atomic E-state index is 12.3. The number of hydrogen-bond donors (Lipinski definition) is 3. The molecule has 0 bridgehead atoms. The van der Waals surface area contributed by atoms with Gasteiger partial charge in [0, 0.05) is 6.42 Å². The van der Waals surface area contributed by atoms with Crippen molar-refractivity contribution in [3.8, 4) is 0 Å². The van der Waals surface area contributed by atoms with Crippen molar-refractivity contribution in [2.24, 2.45) is 0 Å². The summed E-state index contributed by atoms with van der Waals surface area (Å²) < 4.78 is 0. The minimum absolute atomic E-state index is 0.0638. The highest BCUT2D eigenvalue weighted by atomic mass is 16.3. The Morgan fingerprint density at radius 1 is 0.575 bits per heavy atom. The molecule has 4 heteroatoms. The standard InChI is InChI=1S/C36H71NO3/c1-3-5-7-9-11-13-15-17-18-20-21-23-25-27-29-31-35(39)34(33-38)37-36(40)32-30-28-26-24-22-19-16-14-12-10-8-6-4-2/h29,31,34-35,38-39H,3-28,30,32-33H2,1-2H3,(H,37,40)/b31-29+/t34-,35+/m0/s1. The molecule has 3 N–H and O–H groups in total. The molecule has 0 saturated carbocycles. The van der Waals surface area contributed by atoms with Gasteiger partial charge in [0.1, 0.15) is 0 Å². The summed E-state index contributed by atoms with van der Waals surface area (Å²) in [6, 6.07) is -0.614. The van der Waals surface area contributed by atoms with E-state index >= 15 is 0 Å². The molecular weight excluding hydrogens is 494 g/mol. The molecule has 4 nitrogen and oxygen atoms in total. The van der Waals surface area contributed by atoms with Gasteiger partial charge in [0.25, 0.3) is 0 Å². The van der Waals surface area contributed by atoms with Crippen molar-refractivity contribution < 1.29 is 15.0 Å². The molecule has 1 amide bonds. The summed E-state index contributed by atoms with van der Waals surface area (Å²) in [7, 11) is 0. The number of aliphatic hydroxyl groups is 2. The molecule has 0 aliphatic heterocycles. The molecule has 0 aliphatic carbocycles. The molecule has 0 saturated heterocycles. The Bertz CT molecular complexity index is 536. The third-order valence-electron chi connectivity index (χ3n) is 8.27. The maximum absolute atomic E-state index is 12.3. The van der Waals surface area contributed by atoms with Crippen LogP contribution in [0, 0.1) is 0 Å². The summed E-state index contributed by atoms with van der Waals surface area (Å²) in [4.78, 5) is 12.3. The topological polar surface area (TPSA) is 69.6 Å².